The van der Waals surface area contributed by atoms with Crippen molar-refractivity contribution in [1.82, 2.24) is 10.3 Å². The largest absolute Gasteiger partial charge is 0.367 e. The molecule has 1 atom stereocenters. The molecule has 1 aromatic heterocycles. The van der Waals surface area contributed by atoms with Crippen LogP contribution in [0, 0.1) is 11.3 Å². The fourth-order valence-electron chi connectivity index (χ4n) is 1.97. The fraction of sp³-hybridized carbons (Fsp3) is 0.500. The number of anilines is 1. The summed E-state index contributed by atoms with van der Waals surface area (Å²) in [5, 5.41) is 15.9. The molecule has 1 aromatic rings. The van der Waals surface area contributed by atoms with Crippen molar-refractivity contribution >= 4 is 17.4 Å². The Kier molecular flexibility index (Phi) is 4.18. The van der Waals surface area contributed by atoms with Gasteiger partial charge in [0.05, 0.1) is 5.56 Å². The zero-order chi connectivity index (χ0) is 12.1. The van der Waals surface area contributed by atoms with Crippen LogP contribution in [0.1, 0.15) is 24.8 Å². The van der Waals surface area contributed by atoms with Crippen molar-refractivity contribution < 1.29 is 0 Å². The average Bonchev–Trinajstić information content (AvgIpc) is 2.39. The third-order valence-electron chi connectivity index (χ3n) is 2.94. The quantitative estimate of drug-likeness (QED) is 0.863. The van der Waals surface area contributed by atoms with E-state index in [0.717, 1.165) is 13.1 Å². The van der Waals surface area contributed by atoms with E-state index in [2.05, 4.69) is 15.6 Å². The van der Waals surface area contributed by atoms with Crippen LogP contribution < -0.4 is 10.6 Å². The zero-order valence-electron chi connectivity index (χ0n) is 9.54. The Morgan fingerprint density at radius 2 is 2.47 bits per heavy atom. The van der Waals surface area contributed by atoms with E-state index in [0.29, 0.717) is 22.4 Å². The molecule has 0 saturated carbocycles. The van der Waals surface area contributed by atoms with Crippen LogP contribution in [0.4, 0.5) is 5.82 Å². The topological polar surface area (TPSA) is 60.7 Å². The number of aromatic nitrogens is 1. The molecule has 1 saturated heterocycles. The molecular formula is C12H15ClN4. The molecule has 0 spiro atoms. The summed E-state index contributed by atoms with van der Waals surface area (Å²) in [6.45, 7) is 1.87. The highest BCUT2D eigenvalue weighted by atomic mass is 35.5. The van der Waals surface area contributed by atoms with Crippen LogP contribution in [0.25, 0.3) is 0 Å². The molecule has 1 fully saturated rings. The standard InChI is InChI=1S/C12H15ClN4/c13-11-9(7-14)4-6-16-12(11)17-8-10-3-1-2-5-15-10/h4,6,10,15H,1-3,5,8H2,(H,16,17). The Morgan fingerprint density at radius 1 is 1.59 bits per heavy atom. The highest BCUT2D eigenvalue weighted by Gasteiger charge is 2.13. The van der Waals surface area contributed by atoms with Crippen LogP contribution >= 0.6 is 11.6 Å². The Morgan fingerprint density at radius 3 is 3.18 bits per heavy atom. The van der Waals surface area contributed by atoms with Gasteiger partial charge in [0.2, 0.25) is 0 Å². The summed E-state index contributed by atoms with van der Waals surface area (Å²) in [7, 11) is 0. The summed E-state index contributed by atoms with van der Waals surface area (Å²) in [4.78, 5) is 4.15. The number of nitrogens with zero attached hydrogens (tertiary/aromatic N) is 2. The maximum atomic E-state index is 8.86. The lowest BCUT2D eigenvalue weighted by molar-refractivity contribution is 0.414. The van der Waals surface area contributed by atoms with Crippen molar-refractivity contribution in [3.05, 3.63) is 22.8 Å². The minimum absolute atomic E-state index is 0.408. The molecule has 2 heterocycles. The molecule has 0 amide bonds. The number of nitriles is 1. The van der Waals surface area contributed by atoms with Gasteiger partial charge in [0.25, 0.3) is 0 Å². The second-order valence-electron chi connectivity index (χ2n) is 4.16. The van der Waals surface area contributed by atoms with Crippen LogP contribution in [0.5, 0.6) is 0 Å². The average molecular weight is 251 g/mol. The van der Waals surface area contributed by atoms with Gasteiger partial charge in [-0.3, -0.25) is 0 Å². The summed E-state index contributed by atoms with van der Waals surface area (Å²) >= 11 is 6.06. The molecule has 5 heteroatoms. The number of hydrogen-bond donors (Lipinski definition) is 2. The normalized spacial score (nSPS) is 19.6. The van der Waals surface area contributed by atoms with Crippen LogP contribution in [-0.2, 0) is 0 Å². The van der Waals surface area contributed by atoms with Gasteiger partial charge in [-0.2, -0.15) is 5.26 Å². The molecule has 1 aliphatic heterocycles. The first kappa shape index (κ1) is 12.2. The van der Waals surface area contributed by atoms with Crippen LogP contribution in [0.2, 0.25) is 5.02 Å². The van der Waals surface area contributed by atoms with Crippen molar-refractivity contribution in [2.45, 2.75) is 25.3 Å². The molecule has 4 nitrogen and oxygen atoms in total. The Balaban J connectivity index is 1.96. The number of nitrogens with one attached hydrogen (secondary N) is 2. The molecule has 0 aliphatic carbocycles. The number of piperidine rings is 1. The van der Waals surface area contributed by atoms with Gasteiger partial charge in [0.1, 0.15) is 16.9 Å². The predicted molar refractivity (Wildman–Crippen MR) is 68.1 cm³/mol. The lowest BCUT2D eigenvalue weighted by Gasteiger charge is -2.24. The third kappa shape index (κ3) is 3.09. The zero-order valence-corrected chi connectivity index (χ0v) is 10.3. The summed E-state index contributed by atoms with van der Waals surface area (Å²) in [6, 6.07) is 4.13. The molecule has 2 N–H and O–H groups in total. The van der Waals surface area contributed by atoms with Crippen molar-refractivity contribution in [2.75, 3.05) is 18.4 Å². The van der Waals surface area contributed by atoms with Crippen LogP contribution in [0.15, 0.2) is 12.3 Å². The van der Waals surface area contributed by atoms with Crippen LogP contribution in [-0.4, -0.2) is 24.1 Å². The van der Waals surface area contributed by atoms with E-state index in [1.54, 1.807) is 12.3 Å². The summed E-state index contributed by atoms with van der Waals surface area (Å²) in [6.07, 6.45) is 5.28. The summed E-state index contributed by atoms with van der Waals surface area (Å²) in [5.41, 5.74) is 0.459. The maximum absolute atomic E-state index is 8.86. The molecule has 0 aromatic carbocycles. The number of pyridine rings is 1. The van der Waals surface area contributed by atoms with Gasteiger partial charge in [-0.15, -0.1) is 0 Å². The van der Waals surface area contributed by atoms with Gasteiger partial charge in [-0.05, 0) is 25.5 Å². The third-order valence-corrected chi connectivity index (χ3v) is 3.32. The number of halogens is 1. The predicted octanol–water partition coefficient (Wildman–Crippen LogP) is 2.16. The smallest absolute Gasteiger partial charge is 0.146 e. The van der Waals surface area contributed by atoms with Gasteiger partial charge in [0.15, 0.2) is 0 Å². The van der Waals surface area contributed by atoms with Crippen molar-refractivity contribution in [2.24, 2.45) is 0 Å². The first-order valence-corrected chi connectivity index (χ1v) is 6.21. The summed E-state index contributed by atoms with van der Waals surface area (Å²) < 4.78 is 0. The van der Waals surface area contributed by atoms with Gasteiger partial charge in [-0.1, -0.05) is 18.0 Å². The second-order valence-corrected chi connectivity index (χ2v) is 4.54. The van der Waals surface area contributed by atoms with E-state index in [9.17, 15) is 0 Å². The van der Waals surface area contributed by atoms with E-state index >= 15 is 0 Å². The second kappa shape index (κ2) is 5.85. The highest BCUT2D eigenvalue weighted by Crippen LogP contribution is 2.22. The lowest BCUT2D eigenvalue weighted by Crippen LogP contribution is -2.39. The van der Waals surface area contributed by atoms with Crippen LogP contribution in [0.3, 0.4) is 0 Å². The highest BCUT2D eigenvalue weighted by molar-refractivity contribution is 6.34. The van der Waals surface area contributed by atoms with E-state index < -0.39 is 0 Å². The van der Waals surface area contributed by atoms with Gasteiger partial charge >= 0.3 is 0 Å². The van der Waals surface area contributed by atoms with Gasteiger partial charge < -0.3 is 10.6 Å². The first-order chi connectivity index (χ1) is 8.31. The minimum Gasteiger partial charge on any atom is -0.367 e. The van der Waals surface area contributed by atoms with E-state index in [1.807, 2.05) is 6.07 Å². The van der Waals surface area contributed by atoms with E-state index in [1.165, 1.54) is 19.3 Å². The molecule has 17 heavy (non-hydrogen) atoms. The summed E-state index contributed by atoms with van der Waals surface area (Å²) in [5.74, 6) is 0.595. The molecule has 0 bridgehead atoms. The minimum atomic E-state index is 0.408. The lowest BCUT2D eigenvalue weighted by atomic mass is 10.1. The van der Waals surface area contributed by atoms with E-state index in [4.69, 9.17) is 16.9 Å². The number of hydrogen-bond acceptors (Lipinski definition) is 4. The van der Waals surface area contributed by atoms with Gasteiger partial charge in [-0.25, -0.2) is 4.98 Å². The monoisotopic (exact) mass is 250 g/mol. The van der Waals surface area contributed by atoms with Crippen molar-refractivity contribution in [3.8, 4) is 6.07 Å². The Labute approximate surface area is 106 Å². The molecule has 1 unspecified atom stereocenters. The Hall–Kier alpha value is -1.31. The molecular weight excluding hydrogens is 236 g/mol. The molecule has 90 valence electrons. The molecule has 1 aliphatic rings. The molecule has 0 radical (unpaired) electrons. The van der Waals surface area contributed by atoms with Crippen molar-refractivity contribution in [1.29, 1.82) is 5.26 Å². The van der Waals surface area contributed by atoms with Crippen molar-refractivity contribution in [3.63, 3.8) is 0 Å². The maximum Gasteiger partial charge on any atom is 0.146 e. The van der Waals surface area contributed by atoms with E-state index in [-0.39, 0.29) is 0 Å². The van der Waals surface area contributed by atoms with Gasteiger partial charge in [0, 0.05) is 18.8 Å². The Bertz CT molecular complexity index is 421. The number of rotatable bonds is 3. The first-order valence-electron chi connectivity index (χ1n) is 5.83. The fourth-order valence-corrected chi connectivity index (χ4v) is 2.19. The molecule has 2 rings (SSSR count). The SMILES string of the molecule is N#Cc1ccnc(NCC2CCCCN2)c1Cl.